The van der Waals surface area contributed by atoms with Gasteiger partial charge in [-0.3, -0.25) is 4.79 Å². The number of hydrogen-bond acceptors (Lipinski definition) is 5. The molecule has 2 aromatic rings. The largest absolute Gasteiger partial charge is 0.475 e. The number of nitrogens with one attached hydrogen (secondary N) is 1. The molecule has 2 heterocycles. The minimum absolute atomic E-state index is 0.0308. The quantitative estimate of drug-likeness (QED) is 0.913. The van der Waals surface area contributed by atoms with Crippen molar-refractivity contribution in [2.75, 3.05) is 0 Å². The molecule has 6 heteroatoms. The highest BCUT2D eigenvalue weighted by Gasteiger charge is 2.20. The van der Waals surface area contributed by atoms with E-state index in [9.17, 15) is 4.79 Å². The van der Waals surface area contributed by atoms with Crippen LogP contribution in [0.1, 0.15) is 54.0 Å². The molecular weight excluding hydrogens is 304 g/mol. The number of nitrogens with zero attached hydrogens (tertiary/aromatic N) is 3. The molecule has 0 radical (unpaired) electrons. The number of carbonyl (C=O) groups is 1. The first-order chi connectivity index (χ1) is 11.6. The Morgan fingerprint density at radius 2 is 2.08 bits per heavy atom. The highest BCUT2D eigenvalue weighted by molar-refractivity contribution is 5.93. The fourth-order valence-electron chi connectivity index (χ4n) is 2.86. The van der Waals surface area contributed by atoms with Crippen LogP contribution in [0.5, 0.6) is 5.88 Å². The summed E-state index contributed by atoms with van der Waals surface area (Å²) in [5.41, 5.74) is 3.34. The van der Waals surface area contributed by atoms with Gasteiger partial charge in [0, 0.05) is 29.6 Å². The Kier molecular flexibility index (Phi) is 5.03. The van der Waals surface area contributed by atoms with Crippen LogP contribution in [0.25, 0.3) is 0 Å². The summed E-state index contributed by atoms with van der Waals surface area (Å²) >= 11 is 0. The van der Waals surface area contributed by atoms with Crippen molar-refractivity contribution < 1.29 is 9.53 Å². The molecular formula is C18H22N4O2. The van der Waals surface area contributed by atoms with Crippen LogP contribution in [0.15, 0.2) is 24.7 Å². The number of hydrogen-bond donors (Lipinski definition) is 1. The molecule has 0 aromatic carbocycles. The molecule has 1 aliphatic rings. The molecule has 0 atom stereocenters. The Morgan fingerprint density at radius 1 is 1.25 bits per heavy atom. The van der Waals surface area contributed by atoms with E-state index in [1.54, 1.807) is 6.20 Å². The van der Waals surface area contributed by atoms with Crippen LogP contribution in [-0.2, 0) is 19.4 Å². The molecule has 126 valence electrons. The van der Waals surface area contributed by atoms with Crippen LogP contribution in [0, 0.1) is 0 Å². The third-order valence-electron chi connectivity index (χ3n) is 3.98. The SMILES string of the molecule is CC(C)Oc1ncccc1CNC(=O)c1ncnc2c1CCCC2. The Labute approximate surface area is 141 Å². The van der Waals surface area contributed by atoms with Crippen molar-refractivity contribution in [3.05, 3.63) is 47.2 Å². The van der Waals surface area contributed by atoms with E-state index >= 15 is 0 Å². The number of amides is 1. The zero-order valence-electron chi connectivity index (χ0n) is 14.1. The van der Waals surface area contributed by atoms with E-state index in [0.717, 1.165) is 42.5 Å². The normalized spacial score (nSPS) is 13.5. The fourth-order valence-corrected chi connectivity index (χ4v) is 2.86. The van der Waals surface area contributed by atoms with Gasteiger partial charge in [0.15, 0.2) is 0 Å². The number of carbonyl (C=O) groups excluding carboxylic acids is 1. The van der Waals surface area contributed by atoms with Gasteiger partial charge in [-0.25, -0.2) is 15.0 Å². The van der Waals surface area contributed by atoms with Crippen molar-refractivity contribution in [3.63, 3.8) is 0 Å². The van der Waals surface area contributed by atoms with E-state index < -0.39 is 0 Å². The first-order valence-electron chi connectivity index (χ1n) is 8.36. The van der Waals surface area contributed by atoms with Gasteiger partial charge >= 0.3 is 0 Å². The molecule has 1 aliphatic carbocycles. The topological polar surface area (TPSA) is 77.0 Å². The summed E-state index contributed by atoms with van der Waals surface area (Å²) in [6.07, 6.45) is 7.19. The molecule has 3 rings (SSSR count). The minimum Gasteiger partial charge on any atom is -0.475 e. The summed E-state index contributed by atoms with van der Waals surface area (Å²) in [4.78, 5) is 25.3. The van der Waals surface area contributed by atoms with Crippen molar-refractivity contribution in [2.45, 2.75) is 52.2 Å². The second-order valence-electron chi connectivity index (χ2n) is 6.17. The molecule has 0 fully saturated rings. The average Bonchev–Trinajstić information content (AvgIpc) is 2.60. The molecule has 1 amide bonds. The number of aryl methyl sites for hydroxylation is 1. The number of pyridine rings is 1. The van der Waals surface area contributed by atoms with Gasteiger partial charge in [-0.15, -0.1) is 0 Å². The van der Waals surface area contributed by atoms with E-state index in [2.05, 4.69) is 20.3 Å². The maximum atomic E-state index is 12.6. The maximum absolute atomic E-state index is 12.6. The molecule has 0 saturated carbocycles. The van der Waals surface area contributed by atoms with Crippen molar-refractivity contribution in [1.29, 1.82) is 0 Å². The summed E-state index contributed by atoms with van der Waals surface area (Å²) in [6, 6.07) is 3.74. The zero-order chi connectivity index (χ0) is 16.9. The van der Waals surface area contributed by atoms with Gasteiger partial charge in [0.1, 0.15) is 12.0 Å². The summed E-state index contributed by atoms with van der Waals surface area (Å²) in [7, 11) is 0. The lowest BCUT2D eigenvalue weighted by Crippen LogP contribution is -2.27. The first-order valence-corrected chi connectivity index (χ1v) is 8.36. The monoisotopic (exact) mass is 326 g/mol. The third kappa shape index (κ3) is 3.69. The molecule has 1 N–H and O–H groups in total. The maximum Gasteiger partial charge on any atom is 0.270 e. The van der Waals surface area contributed by atoms with E-state index in [4.69, 9.17) is 4.74 Å². The Balaban J connectivity index is 1.73. The molecule has 6 nitrogen and oxygen atoms in total. The van der Waals surface area contributed by atoms with Gasteiger partial charge in [0.2, 0.25) is 5.88 Å². The highest BCUT2D eigenvalue weighted by Crippen LogP contribution is 2.21. The van der Waals surface area contributed by atoms with Gasteiger partial charge < -0.3 is 10.1 Å². The highest BCUT2D eigenvalue weighted by atomic mass is 16.5. The van der Waals surface area contributed by atoms with Crippen LogP contribution in [0.2, 0.25) is 0 Å². The molecule has 0 aliphatic heterocycles. The Bertz CT molecular complexity index is 731. The third-order valence-corrected chi connectivity index (χ3v) is 3.98. The first kappa shape index (κ1) is 16.4. The number of rotatable bonds is 5. The van der Waals surface area contributed by atoms with Crippen molar-refractivity contribution in [1.82, 2.24) is 20.3 Å². The zero-order valence-corrected chi connectivity index (χ0v) is 14.1. The van der Waals surface area contributed by atoms with E-state index in [1.807, 2.05) is 26.0 Å². The van der Waals surface area contributed by atoms with E-state index in [1.165, 1.54) is 6.33 Å². The van der Waals surface area contributed by atoms with E-state index in [-0.39, 0.29) is 12.0 Å². The summed E-state index contributed by atoms with van der Waals surface area (Å²) < 4.78 is 5.69. The molecule has 0 bridgehead atoms. The number of fused-ring (bicyclic) bond motifs is 1. The second kappa shape index (κ2) is 7.38. The van der Waals surface area contributed by atoms with Gasteiger partial charge in [-0.1, -0.05) is 6.07 Å². The molecule has 24 heavy (non-hydrogen) atoms. The molecule has 0 spiro atoms. The van der Waals surface area contributed by atoms with Gasteiger partial charge in [0.05, 0.1) is 6.10 Å². The fraction of sp³-hybridized carbons (Fsp3) is 0.444. The smallest absolute Gasteiger partial charge is 0.270 e. The lowest BCUT2D eigenvalue weighted by molar-refractivity contribution is 0.0943. The predicted octanol–water partition coefficient (Wildman–Crippen LogP) is 2.47. The Morgan fingerprint density at radius 3 is 2.92 bits per heavy atom. The molecule has 0 saturated heterocycles. The van der Waals surface area contributed by atoms with Gasteiger partial charge in [-0.2, -0.15) is 0 Å². The number of ether oxygens (including phenoxy) is 1. The van der Waals surface area contributed by atoms with Crippen LogP contribution < -0.4 is 10.1 Å². The van der Waals surface area contributed by atoms with Crippen LogP contribution in [0.3, 0.4) is 0 Å². The summed E-state index contributed by atoms with van der Waals surface area (Å²) in [6.45, 7) is 4.25. The predicted molar refractivity (Wildman–Crippen MR) is 89.8 cm³/mol. The van der Waals surface area contributed by atoms with Crippen molar-refractivity contribution in [2.24, 2.45) is 0 Å². The molecule has 0 unspecified atom stereocenters. The van der Waals surface area contributed by atoms with Crippen LogP contribution in [0.4, 0.5) is 0 Å². The van der Waals surface area contributed by atoms with Crippen molar-refractivity contribution in [3.8, 4) is 5.88 Å². The minimum atomic E-state index is -0.171. The molecule has 2 aromatic heterocycles. The second-order valence-corrected chi connectivity index (χ2v) is 6.17. The van der Waals surface area contributed by atoms with Crippen molar-refractivity contribution >= 4 is 5.91 Å². The standard InChI is InChI=1S/C18H22N4O2/c1-12(2)24-18-13(6-5-9-19-18)10-20-17(23)16-14-7-3-4-8-15(14)21-11-22-16/h5-6,9,11-12H,3-4,7-8,10H2,1-2H3,(H,20,23). The lowest BCUT2D eigenvalue weighted by atomic mass is 9.94. The van der Waals surface area contributed by atoms with Gasteiger partial charge in [-0.05, 0) is 45.6 Å². The number of aromatic nitrogens is 3. The van der Waals surface area contributed by atoms with E-state index in [0.29, 0.717) is 18.1 Å². The lowest BCUT2D eigenvalue weighted by Gasteiger charge is -2.17. The van der Waals surface area contributed by atoms with Crippen LogP contribution >= 0.6 is 0 Å². The average molecular weight is 326 g/mol. The summed E-state index contributed by atoms with van der Waals surface area (Å²) in [5, 5.41) is 2.93. The Hall–Kier alpha value is -2.50. The summed E-state index contributed by atoms with van der Waals surface area (Å²) in [5.74, 6) is 0.382. The van der Waals surface area contributed by atoms with Gasteiger partial charge in [0.25, 0.3) is 5.91 Å². The van der Waals surface area contributed by atoms with Crippen LogP contribution in [-0.4, -0.2) is 27.0 Å².